The van der Waals surface area contributed by atoms with Crippen LogP contribution in [-0.2, 0) is 0 Å². The number of aryl methyl sites for hydroxylation is 1. The van der Waals surface area contributed by atoms with Gasteiger partial charge in [-0.15, -0.1) is 0 Å². The Morgan fingerprint density at radius 1 is 1.42 bits per heavy atom. The van der Waals surface area contributed by atoms with Gasteiger partial charge in [0, 0.05) is 19.6 Å². The zero-order chi connectivity index (χ0) is 17.5. The molecule has 24 heavy (non-hydrogen) atoms. The molecule has 0 aromatic heterocycles. The van der Waals surface area contributed by atoms with E-state index in [1.165, 1.54) is 13.0 Å². The van der Waals surface area contributed by atoms with Crippen LogP contribution in [0.15, 0.2) is 23.2 Å². The summed E-state index contributed by atoms with van der Waals surface area (Å²) < 4.78 is 13.8. The average molecular weight is 334 g/mol. The van der Waals surface area contributed by atoms with Gasteiger partial charge in [0.15, 0.2) is 5.96 Å². The molecule has 5 heteroatoms. The second-order valence-corrected chi connectivity index (χ2v) is 6.64. The molecular weight excluding hydrogens is 303 g/mol. The summed E-state index contributed by atoms with van der Waals surface area (Å²) in [4.78, 5) is 7.21. The number of aliphatic imine (C=N–C) groups is 1. The van der Waals surface area contributed by atoms with Crippen molar-refractivity contribution in [1.29, 1.82) is 0 Å². The van der Waals surface area contributed by atoms with Gasteiger partial charge in [-0.2, -0.15) is 0 Å². The predicted molar refractivity (Wildman–Crippen MR) is 98.9 cm³/mol. The van der Waals surface area contributed by atoms with Gasteiger partial charge in [-0.3, -0.25) is 4.99 Å². The van der Waals surface area contributed by atoms with Crippen LogP contribution in [-0.4, -0.2) is 43.6 Å². The molecule has 0 radical (unpaired) electrons. The predicted octanol–water partition coefficient (Wildman–Crippen LogP) is 3.09. The van der Waals surface area contributed by atoms with E-state index in [4.69, 9.17) is 4.99 Å². The Kier molecular flexibility index (Phi) is 7.03. The van der Waals surface area contributed by atoms with Gasteiger partial charge < -0.3 is 15.5 Å². The highest BCUT2D eigenvalue weighted by Gasteiger charge is 2.20. The summed E-state index contributed by atoms with van der Waals surface area (Å²) in [5.74, 6) is 1.28. The number of nitrogens with one attached hydrogen (secondary N) is 2. The molecule has 2 rings (SSSR count). The highest BCUT2D eigenvalue weighted by Crippen LogP contribution is 2.17. The standard InChI is InChI=1S/C19H31FN4/c1-5-21-19(22-12-16-9-10-24(6-2)13-16)23-15(4)17-8-7-14(3)18(20)11-17/h7-8,11,15-16H,5-6,9-10,12-13H2,1-4H3,(H2,21,22,23). The highest BCUT2D eigenvalue weighted by atomic mass is 19.1. The van der Waals surface area contributed by atoms with Crippen molar-refractivity contribution in [2.24, 2.45) is 10.9 Å². The molecule has 2 unspecified atom stereocenters. The summed E-state index contributed by atoms with van der Waals surface area (Å²) in [6, 6.07) is 5.40. The SMILES string of the molecule is CCNC(=NCC1CCN(CC)C1)NC(C)c1ccc(C)c(F)c1. The maximum atomic E-state index is 13.8. The lowest BCUT2D eigenvalue weighted by molar-refractivity contribution is 0.343. The molecule has 0 aliphatic carbocycles. The fourth-order valence-corrected chi connectivity index (χ4v) is 3.06. The normalized spacial score (nSPS) is 20.2. The lowest BCUT2D eigenvalue weighted by Gasteiger charge is -2.19. The van der Waals surface area contributed by atoms with Crippen LogP contribution >= 0.6 is 0 Å². The molecule has 2 atom stereocenters. The number of benzene rings is 1. The number of guanidine groups is 1. The Hall–Kier alpha value is -1.62. The van der Waals surface area contributed by atoms with Crippen LogP contribution in [0.1, 0.15) is 44.4 Å². The third-order valence-electron chi connectivity index (χ3n) is 4.72. The van der Waals surface area contributed by atoms with E-state index in [2.05, 4.69) is 29.4 Å². The van der Waals surface area contributed by atoms with E-state index in [0.717, 1.165) is 37.7 Å². The van der Waals surface area contributed by atoms with E-state index in [1.54, 1.807) is 13.0 Å². The lowest BCUT2D eigenvalue weighted by atomic mass is 10.1. The Morgan fingerprint density at radius 3 is 2.83 bits per heavy atom. The zero-order valence-corrected chi connectivity index (χ0v) is 15.4. The molecule has 1 heterocycles. The van der Waals surface area contributed by atoms with Crippen molar-refractivity contribution in [2.45, 2.75) is 40.2 Å². The van der Waals surface area contributed by atoms with E-state index in [-0.39, 0.29) is 11.9 Å². The number of likely N-dealkylation sites (tertiary alicyclic amines) is 1. The largest absolute Gasteiger partial charge is 0.357 e. The lowest BCUT2D eigenvalue weighted by Crippen LogP contribution is -2.39. The number of hydrogen-bond donors (Lipinski definition) is 2. The van der Waals surface area contributed by atoms with Crippen molar-refractivity contribution in [2.75, 3.05) is 32.7 Å². The maximum absolute atomic E-state index is 13.8. The number of halogens is 1. The highest BCUT2D eigenvalue weighted by molar-refractivity contribution is 5.80. The molecule has 1 aromatic rings. The summed E-state index contributed by atoms with van der Waals surface area (Å²) >= 11 is 0. The van der Waals surface area contributed by atoms with Crippen molar-refractivity contribution in [1.82, 2.24) is 15.5 Å². The van der Waals surface area contributed by atoms with E-state index in [1.807, 2.05) is 19.1 Å². The molecular formula is C19H31FN4. The van der Waals surface area contributed by atoms with Gasteiger partial charge in [0.25, 0.3) is 0 Å². The first kappa shape index (κ1) is 18.7. The van der Waals surface area contributed by atoms with Crippen LogP contribution in [0.3, 0.4) is 0 Å². The van der Waals surface area contributed by atoms with E-state index in [0.29, 0.717) is 11.5 Å². The minimum Gasteiger partial charge on any atom is -0.357 e. The Morgan fingerprint density at radius 2 is 2.21 bits per heavy atom. The minimum atomic E-state index is -0.159. The summed E-state index contributed by atoms with van der Waals surface area (Å²) in [6.07, 6.45) is 1.22. The zero-order valence-electron chi connectivity index (χ0n) is 15.4. The Balaban J connectivity index is 1.96. The van der Waals surface area contributed by atoms with E-state index < -0.39 is 0 Å². The summed E-state index contributed by atoms with van der Waals surface area (Å²) in [6.45, 7) is 13.2. The molecule has 1 aromatic carbocycles. The fraction of sp³-hybridized carbons (Fsp3) is 0.632. The summed E-state index contributed by atoms with van der Waals surface area (Å²) in [5, 5.41) is 6.68. The molecule has 134 valence electrons. The van der Waals surface area contributed by atoms with Gasteiger partial charge in [0.2, 0.25) is 0 Å². The molecule has 0 amide bonds. The second-order valence-electron chi connectivity index (χ2n) is 6.64. The molecule has 2 N–H and O–H groups in total. The third kappa shape index (κ3) is 5.20. The Bertz CT molecular complexity index is 558. The fourth-order valence-electron chi connectivity index (χ4n) is 3.06. The quantitative estimate of drug-likeness (QED) is 0.620. The van der Waals surface area contributed by atoms with Crippen LogP contribution in [0.4, 0.5) is 4.39 Å². The smallest absolute Gasteiger partial charge is 0.191 e. The van der Waals surface area contributed by atoms with Crippen molar-refractivity contribution < 1.29 is 4.39 Å². The molecule has 0 saturated carbocycles. The summed E-state index contributed by atoms with van der Waals surface area (Å²) in [5.41, 5.74) is 1.61. The molecule has 1 fully saturated rings. The van der Waals surface area contributed by atoms with Gasteiger partial charge in [-0.05, 0) is 63.4 Å². The molecule has 1 aliphatic heterocycles. The summed E-state index contributed by atoms with van der Waals surface area (Å²) in [7, 11) is 0. The Labute approximate surface area is 145 Å². The number of hydrogen-bond acceptors (Lipinski definition) is 2. The van der Waals surface area contributed by atoms with Crippen molar-refractivity contribution in [3.8, 4) is 0 Å². The molecule has 1 saturated heterocycles. The number of rotatable bonds is 6. The monoisotopic (exact) mass is 334 g/mol. The maximum Gasteiger partial charge on any atom is 0.191 e. The van der Waals surface area contributed by atoms with Crippen molar-refractivity contribution in [3.63, 3.8) is 0 Å². The van der Waals surface area contributed by atoms with Crippen LogP contribution in [0, 0.1) is 18.7 Å². The molecule has 4 nitrogen and oxygen atoms in total. The first-order valence-corrected chi connectivity index (χ1v) is 9.06. The molecule has 1 aliphatic rings. The van der Waals surface area contributed by atoms with Crippen LogP contribution in [0.25, 0.3) is 0 Å². The van der Waals surface area contributed by atoms with Gasteiger partial charge in [-0.1, -0.05) is 19.1 Å². The van der Waals surface area contributed by atoms with Crippen molar-refractivity contribution in [3.05, 3.63) is 35.1 Å². The minimum absolute atomic E-state index is 0.00798. The van der Waals surface area contributed by atoms with Crippen LogP contribution in [0.2, 0.25) is 0 Å². The van der Waals surface area contributed by atoms with E-state index >= 15 is 0 Å². The van der Waals surface area contributed by atoms with E-state index in [9.17, 15) is 4.39 Å². The van der Waals surface area contributed by atoms with Gasteiger partial charge in [0.1, 0.15) is 5.82 Å². The van der Waals surface area contributed by atoms with Gasteiger partial charge in [0.05, 0.1) is 6.04 Å². The third-order valence-corrected chi connectivity index (χ3v) is 4.72. The second kappa shape index (κ2) is 9.02. The molecule has 0 bridgehead atoms. The number of nitrogens with zero attached hydrogens (tertiary/aromatic N) is 2. The van der Waals surface area contributed by atoms with Crippen LogP contribution < -0.4 is 10.6 Å². The molecule has 0 spiro atoms. The van der Waals surface area contributed by atoms with Crippen molar-refractivity contribution >= 4 is 5.96 Å². The first-order valence-electron chi connectivity index (χ1n) is 9.06. The first-order chi connectivity index (χ1) is 11.5. The van der Waals surface area contributed by atoms with Gasteiger partial charge in [-0.25, -0.2) is 4.39 Å². The van der Waals surface area contributed by atoms with Gasteiger partial charge >= 0.3 is 0 Å². The topological polar surface area (TPSA) is 39.7 Å². The van der Waals surface area contributed by atoms with Crippen LogP contribution in [0.5, 0.6) is 0 Å². The average Bonchev–Trinajstić information content (AvgIpc) is 3.03.